The summed E-state index contributed by atoms with van der Waals surface area (Å²) < 4.78 is 25.6. The minimum atomic E-state index is -3.54. The Kier molecular flexibility index (Phi) is 5.55. The van der Waals surface area contributed by atoms with E-state index in [1.54, 1.807) is 12.1 Å². The van der Waals surface area contributed by atoms with E-state index in [0.29, 0.717) is 22.0 Å². The second-order valence-corrected chi connectivity index (χ2v) is 10.6. The second kappa shape index (κ2) is 8.50. The van der Waals surface area contributed by atoms with Crippen molar-refractivity contribution in [1.82, 2.24) is 9.97 Å². The summed E-state index contributed by atoms with van der Waals surface area (Å²) in [6.07, 6.45) is 4.99. The highest BCUT2D eigenvalue weighted by molar-refractivity contribution is 7.91. The summed E-state index contributed by atoms with van der Waals surface area (Å²) in [5.74, 6) is 0.429. The number of nitrogens with one attached hydrogen (secondary N) is 1. The van der Waals surface area contributed by atoms with Gasteiger partial charge in [-0.1, -0.05) is 18.2 Å². The lowest BCUT2D eigenvalue weighted by Gasteiger charge is -2.20. The summed E-state index contributed by atoms with van der Waals surface area (Å²) in [6, 6.07) is 12.9. The van der Waals surface area contributed by atoms with Crippen molar-refractivity contribution in [2.75, 3.05) is 29.1 Å². The fourth-order valence-corrected chi connectivity index (χ4v) is 5.79. The molecule has 1 aliphatic heterocycles. The number of benzene rings is 2. The van der Waals surface area contributed by atoms with E-state index in [-0.39, 0.29) is 18.1 Å². The lowest BCUT2D eigenvalue weighted by atomic mass is 10.1. The first-order valence-electron chi connectivity index (χ1n) is 11.2. The number of aryl methyl sites for hydroxylation is 2. The first-order valence-corrected chi connectivity index (χ1v) is 12.8. The van der Waals surface area contributed by atoms with Gasteiger partial charge in [-0.25, -0.2) is 18.4 Å². The van der Waals surface area contributed by atoms with Crippen LogP contribution in [0.1, 0.15) is 36.8 Å². The highest BCUT2D eigenvalue weighted by atomic mass is 32.2. The monoisotopic (exact) mass is 450 g/mol. The van der Waals surface area contributed by atoms with Crippen molar-refractivity contribution < 1.29 is 13.2 Å². The number of hydrogen-bond donors (Lipinski definition) is 1. The van der Waals surface area contributed by atoms with Crippen LogP contribution in [0.3, 0.4) is 0 Å². The molecule has 1 saturated heterocycles. The van der Waals surface area contributed by atoms with Crippen molar-refractivity contribution in [1.29, 1.82) is 0 Å². The van der Waals surface area contributed by atoms with Crippen molar-refractivity contribution in [3.63, 3.8) is 0 Å². The van der Waals surface area contributed by atoms with Crippen LogP contribution in [-0.2, 0) is 27.5 Å². The quantitative estimate of drug-likeness (QED) is 0.618. The number of fused-ring (bicyclic) bond motifs is 2. The number of para-hydroxylation sites is 2. The highest BCUT2D eigenvalue weighted by Crippen LogP contribution is 2.28. The van der Waals surface area contributed by atoms with Crippen molar-refractivity contribution in [2.45, 2.75) is 43.4 Å². The Balaban J connectivity index is 1.33. The van der Waals surface area contributed by atoms with Gasteiger partial charge in [-0.15, -0.1) is 0 Å². The van der Waals surface area contributed by atoms with Gasteiger partial charge in [0.05, 0.1) is 21.7 Å². The van der Waals surface area contributed by atoms with Crippen molar-refractivity contribution in [3.8, 4) is 0 Å². The van der Waals surface area contributed by atoms with Gasteiger partial charge in [-0.05, 0) is 67.5 Å². The molecule has 0 atom stereocenters. The van der Waals surface area contributed by atoms with Gasteiger partial charge in [0, 0.05) is 19.5 Å². The third-order valence-electron chi connectivity index (χ3n) is 6.24. The standard InChI is InChI=1S/C24H26N4O3S/c29-22(12-15-32(30,31)19-11-10-17-6-5-7-18(17)16-19)27-23-24(28-13-3-4-14-28)26-21-9-2-1-8-20(21)25-23/h1-2,8-11,16H,3-7,12-15H2,(H,25,27,29). The molecule has 0 unspecified atom stereocenters. The van der Waals surface area contributed by atoms with Crippen LogP contribution in [0.25, 0.3) is 11.0 Å². The van der Waals surface area contributed by atoms with Crippen LogP contribution in [0.2, 0.25) is 0 Å². The zero-order chi connectivity index (χ0) is 22.1. The van der Waals surface area contributed by atoms with Crippen LogP contribution in [-0.4, -0.2) is 43.1 Å². The van der Waals surface area contributed by atoms with Crippen LogP contribution in [0.4, 0.5) is 11.6 Å². The average molecular weight is 451 g/mol. The molecule has 2 aromatic carbocycles. The number of hydrogen-bond acceptors (Lipinski definition) is 6. The first-order chi connectivity index (χ1) is 15.5. The molecule has 1 fully saturated rings. The van der Waals surface area contributed by atoms with Crippen molar-refractivity contribution >= 4 is 38.4 Å². The van der Waals surface area contributed by atoms with E-state index < -0.39 is 9.84 Å². The molecule has 0 saturated carbocycles. The topological polar surface area (TPSA) is 92.3 Å². The molecular formula is C24H26N4O3S. The fraction of sp³-hybridized carbons (Fsp3) is 0.375. The molecule has 0 spiro atoms. The van der Waals surface area contributed by atoms with Gasteiger partial charge >= 0.3 is 0 Å². The Labute approximate surface area is 187 Å². The average Bonchev–Trinajstić information content (AvgIpc) is 3.49. The predicted octanol–water partition coefficient (Wildman–Crippen LogP) is 3.52. The van der Waals surface area contributed by atoms with Gasteiger partial charge < -0.3 is 10.2 Å². The third kappa shape index (κ3) is 4.19. The first kappa shape index (κ1) is 20.9. The summed E-state index contributed by atoms with van der Waals surface area (Å²) in [5, 5.41) is 2.83. The van der Waals surface area contributed by atoms with Crippen LogP contribution < -0.4 is 10.2 Å². The number of anilines is 2. The smallest absolute Gasteiger partial charge is 0.226 e. The molecule has 7 nitrogen and oxygen atoms in total. The lowest BCUT2D eigenvalue weighted by molar-refractivity contribution is -0.115. The summed E-state index contributed by atoms with van der Waals surface area (Å²) in [6.45, 7) is 1.73. The van der Waals surface area contributed by atoms with Crippen LogP contribution in [0, 0.1) is 0 Å². The molecule has 32 heavy (non-hydrogen) atoms. The minimum Gasteiger partial charge on any atom is -0.354 e. The maximum absolute atomic E-state index is 12.8. The Morgan fingerprint density at radius 3 is 2.44 bits per heavy atom. The Hall–Kier alpha value is -3.00. The molecule has 2 heterocycles. The van der Waals surface area contributed by atoms with Gasteiger partial charge in [0.1, 0.15) is 0 Å². The normalized spacial score (nSPS) is 15.8. The van der Waals surface area contributed by atoms with Gasteiger partial charge in [-0.3, -0.25) is 4.79 Å². The number of rotatable bonds is 6. The lowest BCUT2D eigenvalue weighted by Crippen LogP contribution is -2.24. The SMILES string of the molecule is O=C(CCS(=O)(=O)c1ccc2c(c1)CCC2)Nc1nc2ccccc2nc1N1CCCC1. The van der Waals surface area contributed by atoms with E-state index in [2.05, 4.69) is 15.2 Å². The van der Waals surface area contributed by atoms with E-state index in [0.717, 1.165) is 56.3 Å². The Morgan fingerprint density at radius 2 is 1.66 bits per heavy atom. The molecule has 1 N–H and O–H groups in total. The molecule has 1 aromatic heterocycles. The number of sulfone groups is 1. The second-order valence-electron chi connectivity index (χ2n) is 8.48. The van der Waals surface area contributed by atoms with Crippen molar-refractivity contribution in [3.05, 3.63) is 53.6 Å². The molecule has 1 aliphatic carbocycles. The van der Waals surface area contributed by atoms with Crippen LogP contribution in [0.5, 0.6) is 0 Å². The maximum Gasteiger partial charge on any atom is 0.226 e. The van der Waals surface area contributed by atoms with E-state index in [1.807, 2.05) is 30.3 Å². The van der Waals surface area contributed by atoms with Gasteiger partial charge in [0.2, 0.25) is 5.91 Å². The predicted molar refractivity (Wildman–Crippen MR) is 125 cm³/mol. The molecule has 166 valence electrons. The maximum atomic E-state index is 12.8. The van der Waals surface area contributed by atoms with Crippen molar-refractivity contribution in [2.24, 2.45) is 0 Å². The van der Waals surface area contributed by atoms with Gasteiger partial charge in [0.15, 0.2) is 21.5 Å². The molecule has 5 rings (SSSR count). The van der Waals surface area contributed by atoms with Gasteiger partial charge in [0.25, 0.3) is 0 Å². The number of aromatic nitrogens is 2. The molecular weight excluding hydrogens is 424 g/mol. The summed E-state index contributed by atoms with van der Waals surface area (Å²) in [5.41, 5.74) is 3.80. The molecule has 3 aromatic rings. The molecule has 0 radical (unpaired) electrons. The minimum absolute atomic E-state index is 0.132. The Morgan fingerprint density at radius 1 is 0.938 bits per heavy atom. The molecule has 8 heteroatoms. The largest absolute Gasteiger partial charge is 0.354 e. The van der Waals surface area contributed by atoms with Gasteiger partial charge in [-0.2, -0.15) is 0 Å². The van der Waals surface area contributed by atoms with E-state index in [4.69, 9.17) is 4.98 Å². The summed E-state index contributed by atoms with van der Waals surface area (Å²) >= 11 is 0. The number of carbonyl (C=O) groups excluding carboxylic acids is 1. The van der Waals surface area contributed by atoms with Crippen LogP contribution in [0.15, 0.2) is 47.4 Å². The number of carbonyl (C=O) groups is 1. The number of amides is 1. The third-order valence-corrected chi connectivity index (χ3v) is 7.96. The molecule has 2 aliphatic rings. The molecule has 1 amide bonds. The highest BCUT2D eigenvalue weighted by Gasteiger charge is 2.23. The summed E-state index contributed by atoms with van der Waals surface area (Å²) in [4.78, 5) is 24.5. The van der Waals surface area contributed by atoms with E-state index in [9.17, 15) is 13.2 Å². The summed E-state index contributed by atoms with van der Waals surface area (Å²) in [7, 11) is -3.54. The zero-order valence-electron chi connectivity index (χ0n) is 17.9. The van der Waals surface area contributed by atoms with Crippen LogP contribution >= 0.6 is 0 Å². The molecule has 0 bridgehead atoms. The zero-order valence-corrected chi connectivity index (χ0v) is 18.7. The fourth-order valence-electron chi connectivity index (χ4n) is 4.51. The number of nitrogens with zero attached hydrogens (tertiary/aromatic N) is 3. The van der Waals surface area contributed by atoms with E-state index >= 15 is 0 Å². The Bertz CT molecular complexity index is 1280. The van der Waals surface area contributed by atoms with E-state index in [1.165, 1.54) is 5.56 Å².